The molecular formula is C49H87O13P. The fourth-order valence-corrected chi connectivity index (χ4v) is 8.25. The smallest absolute Gasteiger partial charge is 0.462 e. The Morgan fingerprint density at radius 2 is 0.905 bits per heavy atom. The molecule has 14 heteroatoms. The van der Waals surface area contributed by atoms with Gasteiger partial charge in [-0.15, -0.1) is 0 Å². The molecule has 6 unspecified atom stereocenters. The molecule has 0 saturated heterocycles. The van der Waals surface area contributed by atoms with Crippen molar-refractivity contribution in [3.8, 4) is 0 Å². The molecular weight excluding hydrogens is 827 g/mol. The van der Waals surface area contributed by atoms with Gasteiger partial charge in [-0.05, 0) is 51.4 Å². The minimum absolute atomic E-state index is 0.0952. The van der Waals surface area contributed by atoms with Gasteiger partial charge in [-0.1, -0.05) is 178 Å². The normalized spacial score (nSPS) is 22.1. The predicted octanol–water partition coefficient (Wildman–Crippen LogP) is 9.95. The zero-order valence-corrected chi connectivity index (χ0v) is 39.8. The Hall–Kier alpha value is -2.19. The summed E-state index contributed by atoms with van der Waals surface area (Å²) in [4.78, 5) is 35.8. The predicted molar refractivity (Wildman–Crippen MR) is 249 cm³/mol. The molecule has 1 aliphatic carbocycles. The molecule has 0 spiro atoms. The summed E-state index contributed by atoms with van der Waals surface area (Å²) in [7, 11) is -5.12. The van der Waals surface area contributed by atoms with Crippen LogP contribution in [0.25, 0.3) is 0 Å². The highest BCUT2D eigenvalue weighted by Gasteiger charge is 2.51. The third-order valence-corrected chi connectivity index (χ3v) is 12.2. The molecule has 1 fully saturated rings. The second-order valence-electron chi connectivity index (χ2n) is 16.9. The largest absolute Gasteiger partial charge is 0.472 e. The monoisotopic (exact) mass is 915 g/mol. The minimum Gasteiger partial charge on any atom is -0.462 e. The van der Waals surface area contributed by atoms with Crippen LogP contribution in [0.15, 0.2) is 48.6 Å². The lowest BCUT2D eigenvalue weighted by atomic mass is 9.85. The van der Waals surface area contributed by atoms with Gasteiger partial charge in [0.05, 0.1) is 6.61 Å². The van der Waals surface area contributed by atoms with Crippen LogP contribution in [0.2, 0.25) is 0 Å². The van der Waals surface area contributed by atoms with Gasteiger partial charge < -0.3 is 39.9 Å². The summed E-state index contributed by atoms with van der Waals surface area (Å²) in [5, 5.41) is 50.2. The Kier molecular flexibility index (Phi) is 36.4. The van der Waals surface area contributed by atoms with Crippen LogP contribution in [-0.2, 0) is 32.7 Å². The van der Waals surface area contributed by atoms with Gasteiger partial charge in [-0.3, -0.25) is 18.6 Å². The van der Waals surface area contributed by atoms with E-state index in [0.717, 1.165) is 89.9 Å². The van der Waals surface area contributed by atoms with Crippen LogP contribution in [0.3, 0.4) is 0 Å². The lowest BCUT2D eigenvalue weighted by Crippen LogP contribution is -2.64. The molecule has 1 saturated carbocycles. The minimum atomic E-state index is -5.12. The van der Waals surface area contributed by atoms with Crippen molar-refractivity contribution < 1.29 is 63.1 Å². The molecule has 0 radical (unpaired) electrons. The number of carbonyl (C=O) groups is 2. The van der Waals surface area contributed by atoms with Crippen molar-refractivity contribution in [2.45, 2.75) is 236 Å². The van der Waals surface area contributed by atoms with E-state index in [1.54, 1.807) is 0 Å². The maximum absolute atomic E-state index is 12.8. The highest BCUT2D eigenvalue weighted by molar-refractivity contribution is 7.47. The van der Waals surface area contributed by atoms with Gasteiger partial charge in [0.2, 0.25) is 0 Å². The van der Waals surface area contributed by atoms with Crippen LogP contribution < -0.4 is 0 Å². The zero-order chi connectivity index (χ0) is 46.4. The van der Waals surface area contributed by atoms with Crippen LogP contribution in [0.4, 0.5) is 0 Å². The van der Waals surface area contributed by atoms with Crippen molar-refractivity contribution >= 4 is 19.8 Å². The number of aliphatic hydroxyl groups is 5. The molecule has 63 heavy (non-hydrogen) atoms. The SMILES string of the molecule is CC/C=C\C/C=C\C/C=C\C/C=C\CCCCCCCCC(=O)OC[C@H](COP(=O)(O)OC1C(O)C(O)C(O)[C@@H](O)C1O)OC(=O)CCCCCCCCCCCCCCCCC. The average molecular weight is 915 g/mol. The molecule has 0 amide bonds. The van der Waals surface area contributed by atoms with Gasteiger partial charge in [0.25, 0.3) is 0 Å². The van der Waals surface area contributed by atoms with Gasteiger partial charge in [0, 0.05) is 12.8 Å². The molecule has 0 aliphatic heterocycles. The molecule has 6 N–H and O–H groups in total. The van der Waals surface area contributed by atoms with Crippen LogP contribution in [-0.4, -0.2) is 98.3 Å². The van der Waals surface area contributed by atoms with E-state index < -0.39 is 75.7 Å². The van der Waals surface area contributed by atoms with Crippen LogP contribution in [0, 0.1) is 0 Å². The van der Waals surface area contributed by atoms with E-state index in [9.17, 15) is 44.6 Å². The first-order valence-electron chi connectivity index (χ1n) is 24.4. The highest BCUT2D eigenvalue weighted by Crippen LogP contribution is 2.47. The number of hydrogen-bond acceptors (Lipinski definition) is 12. The Bertz CT molecular complexity index is 1290. The van der Waals surface area contributed by atoms with E-state index in [0.29, 0.717) is 12.8 Å². The van der Waals surface area contributed by atoms with Crippen LogP contribution in [0.1, 0.15) is 194 Å². The molecule has 8 atom stereocenters. The molecule has 1 aliphatic rings. The summed E-state index contributed by atoms with van der Waals surface area (Å²) >= 11 is 0. The fourth-order valence-electron chi connectivity index (χ4n) is 7.28. The second-order valence-corrected chi connectivity index (χ2v) is 18.3. The van der Waals surface area contributed by atoms with E-state index in [4.69, 9.17) is 18.5 Å². The van der Waals surface area contributed by atoms with Gasteiger partial charge in [-0.25, -0.2) is 4.57 Å². The first-order chi connectivity index (χ1) is 30.4. The third-order valence-electron chi connectivity index (χ3n) is 11.2. The van der Waals surface area contributed by atoms with E-state index in [-0.39, 0.29) is 12.8 Å². The number of allylic oxidation sites excluding steroid dienone is 8. The molecule has 1 rings (SSSR count). The first kappa shape index (κ1) is 58.8. The van der Waals surface area contributed by atoms with E-state index >= 15 is 0 Å². The topological polar surface area (TPSA) is 210 Å². The molecule has 13 nitrogen and oxygen atoms in total. The van der Waals surface area contributed by atoms with Gasteiger partial charge >= 0.3 is 19.8 Å². The number of phosphoric ester groups is 1. The lowest BCUT2D eigenvalue weighted by molar-refractivity contribution is -0.220. The Labute approximate surface area is 380 Å². The van der Waals surface area contributed by atoms with Gasteiger partial charge in [-0.2, -0.15) is 0 Å². The summed E-state index contributed by atoms with van der Waals surface area (Å²) in [6, 6.07) is 0. The van der Waals surface area contributed by atoms with Crippen LogP contribution >= 0.6 is 7.82 Å². The standard InChI is InChI=1S/C49H87O13P/c1-3-5-7-9-11-13-15-17-19-20-21-22-24-25-27-29-31-33-35-37-42(50)59-39-41(40-60-63(57,58)62-49-47(55)45(53)44(52)46(54)48(49)56)61-43(51)38-36-34-32-30-28-26-23-18-16-14-12-10-8-6-4-2/h5,7,11,13,17,19,21-22,41,44-49,52-56H,3-4,6,8-10,12,14-16,18,20,23-40H2,1-2H3,(H,57,58)/b7-5-,13-11-,19-17-,22-21-/t41-,44?,45-,46?,47?,48?,49?/m1/s1. The number of esters is 2. The quantitative estimate of drug-likeness (QED) is 0.0147. The summed E-state index contributed by atoms with van der Waals surface area (Å²) in [5.41, 5.74) is 0. The number of hydrogen-bond donors (Lipinski definition) is 6. The van der Waals surface area contributed by atoms with Gasteiger partial charge in [0.1, 0.15) is 43.2 Å². The van der Waals surface area contributed by atoms with Crippen molar-refractivity contribution in [3.63, 3.8) is 0 Å². The average Bonchev–Trinajstić information content (AvgIpc) is 3.26. The Balaban J connectivity index is 2.43. The summed E-state index contributed by atoms with van der Waals surface area (Å²) in [6.45, 7) is 3.19. The molecule has 0 aromatic rings. The van der Waals surface area contributed by atoms with Gasteiger partial charge in [0.15, 0.2) is 6.10 Å². The lowest BCUT2D eigenvalue weighted by Gasteiger charge is -2.41. The molecule has 0 aromatic carbocycles. The highest BCUT2D eigenvalue weighted by atomic mass is 31.2. The number of carbonyl (C=O) groups excluding carboxylic acids is 2. The van der Waals surface area contributed by atoms with Crippen LogP contribution in [0.5, 0.6) is 0 Å². The van der Waals surface area contributed by atoms with Crippen molar-refractivity contribution in [1.82, 2.24) is 0 Å². The second kappa shape index (κ2) is 39.0. The number of unbranched alkanes of at least 4 members (excludes halogenated alkanes) is 20. The molecule has 0 heterocycles. The summed E-state index contributed by atoms with van der Waals surface area (Å²) in [6.07, 6.45) is 33.0. The first-order valence-corrected chi connectivity index (χ1v) is 25.9. The Morgan fingerprint density at radius 1 is 0.508 bits per heavy atom. The number of rotatable bonds is 40. The number of ether oxygens (including phenoxy) is 2. The van der Waals surface area contributed by atoms with Crippen molar-refractivity contribution in [3.05, 3.63) is 48.6 Å². The zero-order valence-electron chi connectivity index (χ0n) is 38.9. The fraction of sp³-hybridized carbons (Fsp3) is 0.796. The van der Waals surface area contributed by atoms with E-state index in [2.05, 4.69) is 62.5 Å². The third kappa shape index (κ3) is 31.4. The van der Waals surface area contributed by atoms with E-state index in [1.165, 1.54) is 64.2 Å². The molecule has 0 bridgehead atoms. The van der Waals surface area contributed by atoms with Crippen molar-refractivity contribution in [2.24, 2.45) is 0 Å². The summed E-state index contributed by atoms with van der Waals surface area (Å²) < 4.78 is 33.6. The summed E-state index contributed by atoms with van der Waals surface area (Å²) in [5.74, 6) is -1.11. The Morgan fingerprint density at radius 3 is 1.38 bits per heavy atom. The van der Waals surface area contributed by atoms with E-state index in [1.807, 2.05) is 0 Å². The number of phosphoric acid groups is 1. The number of aliphatic hydroxyl groups excluding tert-OH is 5. The maximum Gasteiger partial charge on any atom is 0.472 e. The molecule has 0 aromatic heterocycles. The molecule has 366 valence electrons. The van der Waals surface area contributed by atoms with Crippen molar-refractivity contribution in [1.29, 1.82) is 0 Å². The van der Waals surface area contributed by atoms with Crippen molar-refractivity contribution in [2.75, 3.05) is 13.2 Å². The maximum atomic E-state index is 12.8.